The summed E-state index contributed by atoms with van der Waals surface area (Å²) in [6.07, 6.45) is 0. The average molecular weight is 442 g/mol. The minimum Gasteiger partial charge on any atom is -0.492 e. The van der Waals surface area contributed by atoms with Gasteiger partial charge in [0.25, 0.3) is 5.91 Å². The van der Waals surface area contributed by atoms with E-state index in [0.717, 1.165) is 0 Å². The van der Waals surface area contributed by atoms with Gasteiger partial charge in [-0.25, -0.2) is 0 Å². The van der Waals surface area contributed by atoms with Gasteiger partial charge in [0.15, 0.2) is 5.11 Å². The summed E-state index contributed by atoms with van der Waals surface area (Å²) in [6, 6.07) is 12.3. The van der Waals surface area contributed by atoms with E-state index >= 15 is 0 Å². The zero-order chi connectivity index (χ0) is 18.4. The van der Waals surface area contributed by atoms with Crippen LogP contribution in [0.2, 0.25) is 5.02 Å². The maximum Gasteiger partial charge on any atom is 0.257 e. The number of thiocarbonyl (C=S) groups is 1. The number of hydrogen-bond acceptors (Lipinski definition) is 3. The van der Waals surface area contributed by atoms with E-state index in [9.17, 15) is 4.79 Å². The Morgan fingerprint density at radius 2 is 2.00 bits per heavy atom. The number of ether oxygens (including phenoxy) is 1. The molecule has 0 unspecified atom stereocenters. The smallest absolute Gasteiger partial charge is 0.257 e. The minimum atomic E-state index is -0.319. The topological polar surface area (TPSA) is 50.4 Å². The molecule has 0 aromatic heterocycles. The summed E-state index contributed by atoms with van der Waals surface area (Å²) < 4.78 is 6.39. The van der Waals surface area contributed by atoms with Crippen LogP contribution < -0.4 is 15.4 Å². The van der Waals surface area contributed by atoms with Crippen molar-refractivity contribution >= 4 is 56.5 Å². The molecule has 0 fully saturated rings. The zero-order valence-electron chi connectivity index (χ0n) is 13.8. The van der Waals surface area contributed by atoms with E-state index in [4.69, 9.17) is 28.6 Å². The van der Waals surface area contributed by atoms with Crippen LogP contribution in [0.5, 0.6) is 5.75 Å². The van der Waals surface area contributed by atoms with Gasteiger partial charge >= 0.3 is 0 Å². The third-order valence-electron chi connectivity index (χ3n) is 3.12. The van der Waals surface area contributed by atoms with E-state index in [1.807, 2.05) is 12.1 Å². The van der Waals surface area contributed by atoms with Crippen LogP contribution in [0.25, 0.3) is 0 Å². The first kappa shape index (κ1) is 19.7. The van der Waals surface area contributed by atoms with Gasteiger partial charge in [0.2, 0.25) is 0 Å². The second-order valence-corrected chi connectivity index (χ2v) is 7.41. The molecule has 2 N–H and O–H groups in total. The maximum absolute atomic E-state index is 12.3. The first-order valence-electron chi connectivity index (χ1n) is 7.66. The number of halogens is 2. The number of nitrogens with one attached hydrogen (secondary N) is 2. The van der Waals surface area contributed by atoms with Crippen molar-refractivity contribution in [3.63, 3.8) is 0 Å². The van der Waals surface area contributed by atoms with Crippen LogP contribution in [0.15, 0.2) is 46.9 Å². The van der Waals surface area contributed by atoms with E-state index in [2.05, 4.69) is 40.4 Å². The lowest BCUT2D eigenvalue weighted by molar-refractivity contribution is 0.0977. The fraction of sp³-hybridized carbons (Fsp3) is 0.222. The lowest BCUT2D eigenvalue weighted by Crippen LogP contribution is -2.34. The van der Waals surface area contributed by atoms with Crippen molar-refractivity contribution in [2.45, 2.75) is 13.8 Å². The fourth-order valence-electron chi connectivity index (χ4n) is 1.91. The number of carbonyl (C=O) groups excluding carboxylic acids is 1. The molecule has 4 nitrogen and oxygen atoms in total. The second-order valence-electron chi connectivity index (χ2n) is 5.74. The molecule has 0 aliphatic carbocycles. The van der Waals surface area contributed by atoms with Crippen molar-refractivity contribution in [2.24, 2.45) is 5.92 Å². The van der Waals surface area contributed by atoms with Crippen molar-refractivity contribution < 1.29 is 9.53 Å². The molecule has 0 bridgehead atoms. The van der Waals surface area contributed by atoms with Gasteiger partial charge in [-0.3, -0.25) is 10.1 Å². The summed E-state index contributed by atoms with van der Waals surface area (Å²) in [5, 5.41) is 6.23. The molecule has 0 saturated carbocycles. The lowest BCUT2D eigenvalue weighted by atomic mass is 10.2. The van der Waals surface area contributed by atoms with E-state index in [1.165, 1.54) is 0 Å². The zero-order valence-corrected chi connectivity index (χ0v) is 17.0. The molecule has 2 aromatic rings. The molecule has 0 saturated heterocycles. The van der Waals surface area contributed by atoms with Gasteiger partial charge in [-0.1, -0.05) is 37.6 Å². The number of hydrogen-bond donors (Lipinski definition) is 2. The lowest BCUT2D eigenvalue weighted by Gasteiger charge is -2.13. The standard InChI is InChI=1S/C18H18BrClN2O2S/c1-11(2)10-24-16-8-7-12(9-13(16)19)17(23)22-18(25)21-15-6-4-3-5-14(15)20/h3-9,11H,10H2,1-2H3,(H2,21,22,23,25). The Bertz CT molecular complexity index is 783. The summed E-state index contributed by atoms with van der Waals surface area (Å²) in [5.41, 5.74) is 1.10. The van der Waals surface area contributed by atoms with E-state index in [1.54, 1.807) is 30.3 Å². The predicted octanol–water partition coefficient (Wildman–Crippen LogP) is 5.26. The molecule has 2 rings (SSSR count). The summed E-state index contributed by atoms with van der Waals surface area (Å²) >= 11 is 14.6. The molecular formula is C18H18BrClN2O2S. The molecule has 0 aliphatic rings. The molecule has 2 aromatic carbocycles. The first-order chi connectivity index (χ1) is 11.9. The Hall–Kier alpha value is -1.63. The largest absolute Gasteiger partial charge is 0.492 e. The summed E-state index contributed by atoms with van der Waals surface area (Å²) in [7, 11) is 0. The van der Waals surface area contributed by atoms with Crippen molar-refractivity contribution in [2.75, 3.05) is 11.9 Å². The van der Waals surface area contributed by atoms with Gasteiger partial charge < -0.3 is 10.1 Å². The number of para-hydroxylation sites is 1. The number of rotatable bonds is 5. The second kappa shape index (κ2) is 9.17. The molecule has 1 amide bonds. The molecule has 7 heteroatoms. The third kappa shape index (κ3) is 5.99. The summed E-state index contributed by atoms with van der Waals surface area (Å²) in [4.78, 5) is 12.3. The van der Waals surface area contributed by atoms with Crippen LogP contribution in [-0.2, 0) is 0 Å². The highest BCUT2D eigenvalue weighted by Crippen LogP contribution is 2.26. The summed E-state index contributed by atoms with van der Waals surface area (Å²) in [6.45, 7) is 4.75. The van der Waals surface area contributed by atoms with Crippen LogP contribution in [0.4, 0.5) is 5.69 Å². The summed E-state index contributed by atoms with van der Waals surface area (Å²) in [5.74, 6) is 0.797. The molecular weight excluding hydrogens is 424 g/mol. The average Bonchev–Trinajstić information content (AvgIpc) is 2.55. The highest BCUT2D eigenvalue weighted by molar-refractivity contribution is 9.10. The van der Waals surface area contributed by atoms with E-state index < -0.39 is 0 Å². The van der Waals surface area contributed by atoms with Crippen LogP contribution >= 0.6 is 39.7 Å². The molecule has 0 spiro atoms. The molecule has 0 radical (unpaired) electrons. The highest BCUT2D eigenvalue weighted by Gasteiger charge is 2.12. The van der Waals surface area contributed by atoms with Gasteiger partial charge in [-0.2, -0.15) is 0 Å². The van der Waals surface area contributed by atoms with Gasteiger partial charge in [-0.05, 0) is 64.4 Å². The van der Waals surface area contributed by atoms with Crippen molar-refractivity contribution in [1.29, 1.82) is 0 Å². The Morgan fingerprint density at radius 1 is 1.28 bits per heavy atom. The SMILES string of the molecule is CC(C)COc1ccc(C(=O)NC(=S)Nc2ccccc2Cl)cc1Br. The van der Waals surface area contributed by atoms with Crippen LogP contribution in [0, 0.1) is 5.92 Å². The normalized spacial score (nSPS) is 10.4. The van der Waals surface area contributed by atoms with Gasteiger partial charge in [0.1, 0.15) is 5.75 Å². The van der Waals surface area contributed by atoms with Crippen LogP contribution in [0.1, 0.15) is 24.2 Å². The number of anilines is 1. The number of carbonyl (C=O) groups is 1. The Labute approximate surface area is 166 Å². The molecule has 0 heterocycles. The maximum atomic E-state index is 12.3. The minimum absolute atomic E-state index is 0.175. The fourth-order valence-corrected chi connectivity index (χ4v) is 2.79. The van der Waals surface area contributed by atoms with Gasteiger partial charge in [0, 0.05) is 5.56 Å². The monoisotopic (exact) mass is 440 g/mol. The first-order valence-corrected chi connectivity index (χ1v) is 9.24. The van der Waals surface area contributed by atoms with E-state index in [0.29, 0.717) is 39.0 Å². The Morgan fingerprint density at radius 3 is 2.64 bits per heavy atom. The Kier molecular flexibility index (Phi) is 7.23. The van der Waals surface area contributed by atoms with Crippen molar-refractivity contribution in [3.8, 4) is 5.75 Å². The number of amides is 1. The van der Waals surface area contributed by atoms with E-state index in [-0.39, 0.29) is 11.0 Å². The molecule has 25 heavy (non-hydrogen) atoms. The van der Waals surface area contributed by atoms with Crippen LogP contribution in [-0.4, -0.2) is 17.6 Å². The predicted molar refractivity (Wildman–Crippen MR) is 110 cm³/mol. The molecule has 0 atom stereocenters. The van der Waals surface area contributed by atoms with Crippen molar-refractivity contribution in [1.82, 2.24) is 5.32 Å². The van der Waals surface area contributed by atoms with Crippen LogP contribution in [0.3, 0.4) is 0 Å². The quantitative estimate of drug-likeness (QED) is 0.621. The molecule has 0 aliphatic heterocycles. The van der Waals surface area contributed by atoms with Gasteiger partial charge in [0.05, 0.1) is 21.8 Å². The molecule has 132 valence electrons. The Balaban J connectivity index is 1.99. The van der Waals surface area contributed by atoms with Crippen molar-refractivity contribution in [3.05, 3.63) is 57.5 Å². The third-order valence-corrected chi connectivity index (χ3v) is 4.27. The van der Waals surface area contributed by atoms with Gasteiger partial charge in [-0.15, -0.1) is 0 Å². The highest BCUT2D eigenvalue weighted by atomic mass is 79.9. The number of benzene rings is 2.